The van der Waals surface area contributed by atoms with Gasteiger partial charge in [-0.1, -0.05) is 0 Å². The van der Waals surface area contributed by atoms with Crippen LogP contribution in [0.25, 0.3) is 0 Å². The molecule has 1 aliphatic rings. The van der Waals surface area contributed by atoms with Crippen molar-refractivity contribution in [2.75, 3.05) is 32.6 Å². The van der Waals surface area contributed by atoms with E-state index in [-0.39, 0.29) is 23.7 Å². The minimum Gasteiger partial charge on any atom is -0.383 e. The number of rotatable bonds is 6. The fraction of sp³-hybridized carbons (Fsp3) is 1.00. The Hall–Kier alpha value is 0.120. The molecule has 5 nitrogen and oxygen atoms in total. The molecular weight excluding hydrogens is 252 g/mol. The predicted octanol–water partition coefficient (Wildman–Crippen LogP) is 0.116. The Morgan fingerprint density at radius 1 is 1.50 bits per heavy atom. The summed E-state index contributed by atoms with van der Waals surface area (Å²) in [6.45, 7) is 3.51. The lowest BCUT2D eigenvalue weighted by Crippen LogP contribution is -2.53. The zero-order chi connectivity index (χ0) is 11.4. The molecule has 0 spiro atoms. The second-order valence-corrected chi connectivity index (χ2v) is 6.06. The van der Waals surface area contributed by atoms with E-state index in [1.807, 2.05) is 0 Å². The van der Waals surface area contributed by atoms with E-state index in [1.54, 1.807) is 14.0 Å². The van der Waals surface area contributed by atoms with Gasteiger partial charge in [0.2, 0.25) is 10.0 Å². The fourth-order valence-electron chi connectivity index (χ4n) is 1.82. The lowest BCUT2D eigenvalue weighted by atomic mass is 9.99. The second-order valence-electron chi connectivity index (χ2n) is 3.97. The third-order valence-corrected chi connectivity index (χ3v) is 4.11. The normalized spacial score (nSPS) is 25.4. The monoisotopic (exact) mass is 272 g/mol. The van der Waals surface area contributed by atoms with Gasteiger partial charge in [0.1, 0.15) is 0 Å². The van der Waals surface area contributed by atoms with Crippen LogP contribution in [0.3, 0.4) is 0 Å². The summed E-state index contributed by atoms with van der Waals surface area (Å²) in [7, 11) is -1.47. The van der Waals surface area contributed by atoms with Crippen molar-refractivity contribution in [2.45, 2.75) is 25.3 Å². The SMILES string of the molecule is CCS(=O)(=O)NCC1(COC)CCCN1.Cl. The third-order valence-electron chi connectivity index (χ3n) is 2.76. The van der Waals surface area contributed by atoms with Gasteiger partial charge in [-0.2, -0.15) is 0 Å². The van der Waals surface area contributed by atoms with E-state index in [0.717, 1.165) is 19.4 Å². The summed E-state index contributed by atoms with van der Waals surface area (Å²) < 4.78 is 30.4. The Kier molecular flexibility index (Phi) is 6.81. The maximum Gasteiger partial charge on any atom is 0.211 e. The van der Waals surface area contributed by atoms with E-state index in [4.69, 9.17) is 4.74 Å². The minimum atomic E-state index is -3.11. The molecular formula is C9H21ClN2O3S. The molecule has 1 atom stereocenters. The molecule has 1 saturated heterocycles. The van der Waals surface area contributed by atoms with Gasteiger partial charge in [0.15, 0.2) is 0 Å². The van der Waals surface area contributed by atoms with E-state index >= 15 is 0 Å². The standard InChI is InChI=1S/C9H20N2O3S.ClH/c1-3-15(12,13)11-7-9(8-14-2)5-4-6-10-9;/h10-11H,3-8H2,1-2H3;1H. The second kappa shape index (κ2) is 6.76. The molecule has 0 radical (unpaired) electrons. The van der Waals surface area contributed by atoms with Crippen LogP contribution < -0.4 is 10.0 Å². The van der Waals surface area contributed by atoms with Crippen molar-refractivity contribution in [2.24, 2.45) is 0 Å². The van der Waals surface area contributed by atoms with Crippen LogP contribution in [0, 0.1) is 0 Å². The zero-order valence-electron chi connectivity index (χ0n) is 9.78. The van der Waals surface area contributed by atoms with Gasteiger partial charge < -0.3 is 10.1 Å². The molecule has 1 heterocycles. The predicted molar refractivity (Wildman–Crippen MR) is 66.6 cm³/mol. The summed E-state index contributed by atoms with van der Waals surface area (Å²) in [5, 5.41) is 3.32. The van der Waals surface area contributed by atoms with Gasteiger partial charge in [0.25, 0.3) is 0 Å². The highest BCUT2D eigenvalue weighted by molar-refractivity contribution is 7.89. The molecule has 1 fully saturated rings. The van der Waals surface area contributed by atoms with Crippen LogP contribution in [-0.2, 0) is 14.8 Å². The number of methoxy groups -OCH3 is 1. The van der Waals surface area contributed by atoms with Crippen molar-refractivity contribution in [3.8, 4) is 0 Å². The molecule has 0 aromatic carbocycles. The third kappa shape index (κ3) is 4.55. The largest absolute Gasteiger partial charge is 0.383 e. The van der Waals surface area contributed by atoms with Gasteiger partial charge in [-0.3, -0.25) is 0 Å². The van der Waals surface area contributed by atoms with Crippen LogP contribution in [-0.4, -0.2) is 46.5 Å². The van der Waals surface area contributed by atoms with Gasteiger partial charge in [-0.15, -0.1) is 12.4 Å². The van der Waals surface area contributed by atoms with Crippen molar-refractivity contribution < 1.29 is 13.2 Å². The Labute approximate surface area is 104 Å². The van der Waals surface area contributed by atoms with E-state index in [2.05, 4.69) is 10.0 Å². The molecule has 7 heteroatoms. The molecule has 16 heavy (non-hydrogen) atoms. The molecule has 0 saturated carbocycles. The van der Waals surface area contributed by atoms with Crippen molar-refractivity contribution in [1.29, 1.82) is 0 Å². The van der Waals surface area contributed by atoms with Crippen LogP contribution in [0.15, 0.2) is 0 Å². The summed E-state index contributed by atoms with van der Waals surface area (Å²) in [5.41, 5.74) is -0.211. The number of sulfonamides is 1. The fourth-order valence-corrected chi connectivity index (χ4v) is 2.52. The Morgan fingerprint density at radius 2 is 2.19 bits per heavy atom. The first-order valence-corrected chi connectivity index (χ1v) is 6.90. The molecule has 0 aromatic heterocycles. The average Bonchev–Trinajstić information content (AvgIpc) is 2.65. The van der Waals surface area contributed by atoms with Crippen LogP contribution in [0.4, 0.5) is 0 Å². The highest BCUT2D eigenvalue weighted by Gasteiger charge is 2.34. The summed E-state index contributed by atoms with van der Waals surface area (Å²) in [4.78, 5) is 0. The van der Waals surface area contributed by atoms with Crippen LogP contribution >= 0.6 is 12.4 Å². The van der Waals surface area contributed by atoms with Gasteiger partial charge in [-0.25, -0.2) is 13.1 Å². The number of nitrogens with one attached hydrogen (secondary N) is 2. The van der Waals surface area contributed by atoms with Gasteiger partial charge >= 0.3 is 0 Å². The number of ether oxygens (including phenoxy) is 1. The minimum absolute atomic E-state index is 0. The summed E-state index contributed by atoms with van der Waals surface area (Å²) >= 11 is 0. The Balaban J connectivity index is 0.00000225. The topological polar surface area (TPSA) is 67.4 Å². The Bertz CT molecular complexity index is 289. The quantitative estimate of drug-likeness (QED) is 0.721. The molecule has 1 aliphatic heterocycles. The van der Waals surface area contributed by atoms with Crippen molar-refractivity contribution in [1.82, 2.24) is 10.0 Å². The summed E-state index contributed by atoms with van der Waals surface area (Å²) in [5.74, 6) is 0.121. The number of hydrogen-bond donors (Lipinski definition) is 2. The van der Waals surface area contributed by atoms with Crippen molar-refractivity contribution in [3.05, 3.63) is 0 Å². The zero-order valence-corrected chi connectivity index (χ0v) is 11.4. The number of hydrogen-bond acceptors (Lipinski definition) is 4. The highest BCUT2D eigenvalue weighted by Crippen LogP contribution is 2.18. The van der Waals surface area contributed by atoms with Crippen molar-refractivity contribution >= 4 is 22.4 Å². The van der Waals surface area contributed by atoms with E-state index in [1.165, 1.54) is 0 Å². The first-order valence-electron chi connectivity index (χ1n) is 5.25. The maximum atomic E-state index is 11.3. The van der Waals surface area contributed by atoms with Crippen LogP contribution in [0.5, 0.6) is 0 Å². The average molecular weight is 273 g/mol. The summed E-state index contributed by atoms with van der Waals surface area (Å²) in [6.07, 6.45) is 2.02. The molecule has 98 valence electrons. The van der Waals surface area contributed by atoms with Gasteiger partial charge in [-0.05, 0) is 26.3 Å². The smallest absolute Gasteiger partial charge is 0.211 e. The molecule has 0 bridgehead atoms. The molecule has 1 unspecified atom stereocenters. The van der Waals surface area contributed by atoms with E-state index < -0.39 is 10.0 Å². The molecule has 0 amide bonds. The molecule has 0 aliphatic carbocycles. The lowest BCUT2D eigenvalue weighted by molar-refractivity contribution is 0.122. The maximum absolute atomic E-state index is 11.3. The highest BCUT2D eigenvalue weighted by atomic mass is 35.5. The molecule has 2 N–H and O–H groups in total. The van der Waals surface area contributed by atoms with E-state index in [0.29, 0.717) is 13.2 Å². The van der Waals surface area contributed by atoms with Crippen LogP contribution in [0.1, 0.15) is 19.8 Å². The number of halogens is 1. The first-order chi connectivity index (χ1) is 7.04. The van der Waals surface area contributed by atoms with E-state index in [9.17, 15) is 8.42 Å². The van der Waals surface area contributed by atoms with Gasteiger partial charge in [0, 0.05) is 13.7 Å². The lowest BCUT2D eigenvalue weighted by Gasteiger charge is -2.28. The molecule has 0 aromatic rings. The van der Waals surface area contributed by atoms with Gasteiger partial charge in [0.05, 0.1) is 17.9 Å². The van der Waals surface area contributed by atoms with Crippen molar-refractivity contribution in [3.63, 3.8) is 0 Å². The van der Waals surface area contributed by atoms with Crippen LogP contribution in [0.2, 0.25) is 0 Å². The molecule has 1 rings (SSSR count). The summed E-state index contributed by atoms with van der Waals surface area (Å²) in [6, 6.07) is 0. The Morgan fingerprint density at radius 3 is 2.62 bits per heavy atom. The first kappa shape index (κ1) is 16.1.